The lowest BCUT2D eigenvalue weighted by Gasteiger charge is -2.13. The number of benzene rings is 1. The molecule has 1 rings (SSSR count). The highest BCUT2D eigenvalue weighted by Crippen LogP contribution is 2.22. The zero-order valence-corrected chi connectivity index (χ0v) is 12.9. The van der Waals surface area contributed by atoms with E-state index in [2.05, 4.69) is 15.9 Å². The number of carbonyl (C=O) groups excluding carboxylic acids is 2. The SMILES string of the molecule is [2H][C@](C)(CC(=O)OCC)OC(=O)c1cc(Br)ccc1Cl. The Bertz CT molecular complexity index is 519. The molecule has 1 aromatic carbocycles. The van der Waals surface area contributed by atoms with E-state index < -0.39 is 18.0 Å². The topological polar surface area (TPSA) is 52.6 Å². The second kappa shape index (κ2) is 7.50. The van der Waals surface area contributed by atoms with Crippen LogP contribution in [0.15, 0.2) is 22.7 Å². The largest absolute Gasteiger partial charge is 0.466 e. The maximum absolute atomic E-state index is 12.0. The summed E-state index contributed by atoms with van der Waals surface area (Å²) < 4.78 is 18.2. The molecule has 0 heterocycles. The molecule has 0 spiro atoms. The smallest absolute Gasteiger partial charge is 0.339 e. The summed E-state index contributed by atoms with van der Waals surface area (Å²) in [7, 11) is 0. The first-order chi connectivity index (χ1) is 9.25. The van der Waals surface area contributed by atoms with Crippen LogP contribution in [0.3, 0.4) is 0 Å². The van der Waals surface area contributed by atoms with Crippen LogP contribution in [0, 0.1) is 0 Å². The first kappa shape index (κ1) is 14.3. The molecule has 0 unspecified atom stereocenters. The molecule has 0 bridgehead atoms. The fourth-order valence-electron chi connectivity index (χ4n) is 1.32. The van der Waals surface area contributed by atoms with Crippen molar-refractivity contribution in [2.24, 2.45) is 0 Å². The lowest BCUT2D eigenvalue weighted by atomic mass is 10.2. The molecule has 0 radical (unpaired) electrons. The van der Waals surface area contributed by atoms with Crippen molar-refractivity contribution in [3.8, 4) is 0 Å². The van der Waals surface area contributed by atoms with Crippen LogP contribution in [0.2, 0.25) is 5.02 Å². The predicted molar refractivity (Wildman–Crippen MR) is 75.3 cm³/mol. The van der Waals surface area contributed by atoms with E-state index in [9.17, 15) is 9.59 Å². The maximum Gasteiger partial charge on any atom is 0.339 e. The number of rotatable bonds is 5. The Hall–Kier alpha value is -1.07. The van der Waals surface area contributed by atoms with Gasteiger partial charge in [-0.3, -0.25) is 4.79 Å². The summed E-state index contributed by atoms with van der Waals surface area (Å²) in [5.74, 6) is -1.36. The molecule has 0 amide bonds. The minimum atomic E-state index is -1.71. The van der Waals surface area contributed by atoms with Gasteiger partial charge in [0.25, 0.3) is 0 Å². The van der Waals surface area contributed by atoms with Gasteiger partial charge in [-0.1, -0.05) is 27.5 Å². The highest BCUT2D eigenvalue weighted by atomic mass is 79.9. The summed E-state index contributed by atoms with van der Waals surface area (Å²) in [6.07, 6.45) is -2.06. The van der Waals surface area contributed by atoms with Gasteiger partial charge in [0.15, 0.2) is 0 Å². The zero-order chi connectivity index (χ0) is 15.3. The van der Waals surface area contributed by atoms with Crippen molar-refractivity contribution < 1.29 is 20.4 Å². The molecule has 0 N–H and O–H groups in total. The molecule has 0 aliphatic rings. The Morgan fingerprint density at radius 3 is 2.84 bits per heavy atom. The van der Waals surface area contributed by atoms with E-state index in [-0.39, 0.29) is 23.6 Å². The third kappa shape index (κ3) is 5.20. The van der Waals surface area contributed by atoms with E-state index in [0.717, 1.165) is 0 Å². The van der Waals surface area contributed by atoms with E-state index in [1.807, 2.05) is 0 Å². The second-order valence-electron chi connectivity index (χ2n) is 3.70. The van der Waals surface area contributed by atoms with E-state index in [1.165, 1.54) is 19.1 Å². The summed E-state index contributed by atoms with van der Waals surface area (Å²) in [5.41, 5.74) is 0.128. The van der Waals surface area contributed by atoms with E-state index in [4.69, 9.17) is 22.4 Å². The molecule has 1 aromatic rings. The first-order valence-corrected chi connectivity index (χ1v) is 6.76. The van der Waals surface area contributed by atoms with Gasteiger partial charge >= 0.3 is 11.9 Å². The molecule has 0 saturated heterocycles. The van der Waals surface area contributed by atoms with Crippen LogP contribution < -0.4 is 0 Å². The fraction of sp³-hybridized carbons (Fsp3) is 0.385. The Labute approximate surface area is 126 Å². The van der Waals surface area contributed by atoms with Gasteiger partial charge in [-0.15, -0.1) is 0 Å². The Morgan fingerprint density at radius 2 is 2.21 bits per heavy atom. The highest BCUT2D eigenvalue weighted by molar-refractivity contribution is 9.10. The minimum Gasteiger partial charge on any atom is -0.466 e. The van der Waals surface area contributed by atoms with Gasteiger partial charge in [-0.05, 0) is 32.0 Å². The van der Waals surface area contributed by atoms with Gasteiger partial charge in [0, 0.05) is 4.47 Å². The van der Waals surface area contributed by atoms with Crippen LogP contribution in [0.5, 0.6) is 0 Å². The Morgan fingerprint density at radius 1 is 1.53 bits per heavy atom. The molecule has 0 aliphatic carbocycles. The monoisotopic (exact) mass is 349 g/mol. The summed E-state index contributed by atoms with van der Waals surface area (Å²) in [6, 6.07) is 4.71. The van der Waals surface area contributed by atoms with Crippen molar-refractivity contribution in [1.82, 2.24) is 0 Å². The highest BCUT2D eigenvalue weighted by Gasteiger charge is 2.18. The molecule has 0 saturated carbocycles. The van der Waals surface area contributed by atoms with Crippen molar-refractivity contribution in [3.05, 3.63) is 33.3 Å². The lowest BCUT2D eigenvalue weighted by Crippen LogP contribution is -2.20. The second-order valence-corrected chi connectivity index (χ2v) is 5.02. The maximum atomic E-state index is 12.0. The molecule has 0 aromatic heterocycles. The van der Waals surface area contributed by atoms with Gasteiger partial charge in [-0.25, -0.2) is 4.79 Å². The average Bonchev–Trinajstić information content (AvgIpc) is 2.30. The molecule has 0 fully saturated rings. The van der Waals surface area contributed by atoms with Crippen LogP contribution in [0.1, 0.15) is 32.0 Å². The molecule has 0 aliphatic heterocycles. The minimum absolute atomic E-state index is 0.128. The number of esters is 2. The third-order valence-electron chi connectivity index (χ3n) is 2.11. The van der Waals surface area contributed by atoms with Gasteiger partial charge in [-0.2, -0.15) is 0 Å². The van der Waals surface area contributed by atoms with Crippen LogP contribution in [0.4, 0.5) is 0 Å². The number of hydrogen-bond acceptors (Lipinski definition) is 4. The molecular weight excluding hydrogens is 335 g/mol. The number of ether oxygens (including phenoxy) is 2. The van der Waals surface area contributed by atoms with E-state index >= 15 is 0 Å². The summed E-state index contributed by atoms with van der Waals surface area (Å²) in [5, 5.41) is 0.213. The average molecular weight is 351 g/mol. The third-order valence-corrected chi connectivity index (χ3v) is 2.94. The van der Waals surface area contributed by atoms with Crippen LogP contribution in [-0.2, 0) is 14.3 Å². The molecule has 6 heteroatoms. The van der Waals surface area contributed by atoms with Gasteiger partial charge in [0.05, 0.1) is 25.0 Å². The number of carbonyl (C=O) groups is 2. The molecule has 19 heavy (non-hydrogen) atoms. The van der Waals surface area contributed by atoms with Crippen molar-refractivity contribution in [3.63, 3.8) is 0 Å². The normalized spacial score (nSPS) is 14.2. The van der Waals surface area contributed by atoms with Crippen LogP contribution in [0.25, 0.3) is 0 Å². The van der Waals surface area contributed by atoms with Crippen LogP contribution >= 0.6 is 27.5 Å². The Kier molecular flexibility index (Phi) is 5.66. The molecule has 4 nitrogen and oxygen atoms in total. The standard InChI is InChI=1S/C13H14BrClO4/c1-3-18-12(16)6-8(2)19-13(17)10-7-9(14)4-5-11(10)15/h4-5,7-8H,3,6H2,1-2H3/t8-/m0/s1/i8D. The fourth-order valence-corrected chi connectivity index (χ4v) is 1.87. The molecule has 104 valence electrons. The van der Waals surface area contributed by atoms with Gasteiger partial charge < -0.3 is 9.47 Å². The van der Waals surface area contributed by atoms with Crippen molar-refractivity contribution in [2.75, 3.05) is 6.61 Å². The predicted octanol–water partition coefficient (Wildman–Crippen LogP) is 3.60. The van der Waals surface area contributed by atoms with Crippen molar-refractivity contribution in [2.45, 2.75) is 26.3 Å². The zero-order valence-electron chi connectivity index (χ0n) is 11.5. The first-order valence-electron chi connectivity index (χ1n) is 6.09. The van der Waals surface area contributed by atoms with E-state index in [0.29, 0.717) is 4.47 Å². The summed E-state index contributed by atoms with van der Waals surface area (Å²) in [4.78, 5) is 23.3. The lowest BCUT2D eigenvalue weighted by molar-refractivity contribution is -0.145. The van der Waals surface area contributed by atoms with E-state index in [1.54, 1.807) is 13.0 Å². The van der Waals surface area contributed by atoms with Gasteiger partial charge in [0.1, 0.15) is 6.08 Å². The van der Waals surface area contributed by atoms with Crippen molar-refractivity contribution in [1.29, 1.82) is 0 Å². The summed E-state index contributed by atoms with van der Waals surface area (Å²) >= 11 is 9.12. The quantitative estimate of drug-likeness (QED) is 0.761. The number of halogens is 2. The van der Waals surface area contributed by atoms with Gasteiger partial charge in [0.2, 0.25) is 0 Å². The molecular formula is C13H14BrClO4. The van der Waals surface area contributed by atoms with Crippen molar-refractivity contribution >= 4 is 39.5 Å². The number of hydrogen-bond donors (Lipinski definition) is 0. The summed E-state index contributed by atoms with van der Waals surface area (Å²) in [6.45, 7) is 3.18. The van der Waals surface area contributed by atoms with Crippen LogP contribution in [-0.4, -0.2) is 24.6 Å². The molecule has 1 atom stereocenters. The Balaban J connectivity index is 2.78.